The number of amides is 1. The second-order valence-corrected chi connectivity index (χ2v) is 8.94. The molecule has 0 saturated heterocycles. The molecule has 0 heterocycles. The van der Waals surface area contributed by atoms with Gasteiger partial charge in [-0.3, -0.25) is 4.72 Å². The fourth-order valence-electron chi connectivity index (χ4n) is 3.12. The molecule has 0 saturated carbocycles. The zero-order valence-corrected chi connectivity index (χ0v) is 17.7. The first-order valence-corrected chi connectivity index (χ1v) is 10.8. The molecule has 10 heteroatoms. The molecule has 0 aromatic heterocycles. The number of benzene rings is 3. The average Bonchev–Trinajstić information content (AvgIpc) is 2.73. The molecule has 1 unspecified atom stereocenters. The third-order valence-electron chi connectivity index (χ3n) is 4.86. The number of sulfonamides is 1. The number of aliphatic hydroxyl groups is 1. The van der Waals surface area contributed by atoms with Gasteiger partial charge in [-0.1, -0.05) is 24.3 Å². The van der Waals surface area contributed by atoms with Crippen molar-refractivity contribution in [2.24, 2.45) is 0 Å². The maximum Gasteiger partial charge on any atom is 0.405 e. The summed E-state index contributed by atoms with van der Waals surface area (Å²) in [5.41, 5.74) is -0.325. The number of hydrogen-bond donors (Lipinski definition) is 4. The second-order valence-electron chi connectivity index (χ2n) is 7.26. The Labute approximate surface area is 183 Å². The van der Waals surface area contributed by atoms with Crippen molar-refractivity contribution in [1.82, 2.24) is 5.32 Å². The first kappa shape index (κ1) is 23.2. The lowest BCUT2D eigenvalue weighted by atomic mass is 9.93. The van der Waals surface area contributed by atoms with Gasteiger partial charge in [0, 0.05) is 17.3 Å². The Bertz CT molecular complexity index is 1250. The van der Waals surface area contributed by atoms with Crippen molar-refractivity contribution in [3.8, 4) is 11.1 Å². The Morgan fingerprint density at radius 2 is 1.72 bits per heavy atom. The Balaban J connectivity index is 1.86. The number of halogens is 2. The van der Waals surface area contributed by atoms with Crippen LogP contribution in [0, 0.1) is 11.6 Å². The van der Waals surface area contributed by atoms with Gasteiger partial charge in [-0.15, -0.1) is 0 Å². The monoisotopic (exact) mass is 462 g/mol. The van der Waals surface area contributed by atoms with Gasteiger partial charge in [0.05, 0.1) is 17.0 Å². The van der Waals surface area contributed by atoms with Crippen molar-refractivity contribution in [1.29, 1.82) is 0 Å². The maximum absolute atomic E-state index is 14.0. The standard InChI is InChI=1S/C22H20F2N2O5S/c1-22(13-27,25-21(28)29)15-3-2-4-17(11-15)26-32(30,31)18-8-5-14(6-9-18)19-10-7-16(23)12-20(19)24/h2-12,25-27H,13H2,1H3,(H,28,29). The lowest BCUT2D eigenvalue weighted by Gasteiger charge is -2.28. The minimum Gasteiger partial charge on any atom is -0.465 e. The van der Waals surface area contributed by atoms with Gasteiger partial charge in [-0.25, -0.2) is 22.0 Å². The van der Waals surface area contributed by atoms with Crippen molar-refractivity contribution >= 4 is 21.8 Å². The van der Waals surface area contributed by atoms with E-state index in [9.17, 15) is 27.1 Å². The zero-order chi connectivity index (χ0) is 23.5. The number of rotatable bonds is 7. The molecular formula is C22H20F2N2O5S. The first-order valence-electron chi connectivity index (χ1n) is 9.35. The summed E-state index contributed by atoms with van der Waals surface area (Å²) >= 11 is 0. The van der Waals surface area contributed by atoms with Gasteiger partial charge in [-0.2, -0.15) is 0 Å². The van der Waals surface area contributed by atoms with E-state index in [-0.39, 0.29) is 16.1 Å². The van der Waals surface area contributed by atoms with E-state index in [1.54, 1.807) is 6.07 Å². The van der Waals surface area contributed by atoms with E-state index in [1.807, 2.05) is 0 Å². The normalized spacial score (nSPS) is 13.2. The summed E-state index contributed by atoms with van der Waals surface area (Å²) in [7, 11) is -4.02. The number of carbonyl (C=O) groups is 1. The smallest absolute Gasteiger partial charge is 0.405 e. The number of aliphatic hydroxyl groups excluding tert-OH is 1. The highest BCUT2D eigenvalue weighted by molar-refractivity contribution is 7.92. The SMILES string of the molecule is CC(CO)(NC(=O)O)c1cccc(NS(=O)(=O)c2ccc(-c3ccc(F)cc3F)cc2)c1. The van der Waals surface area contributed by atoms with Crippen LogP contribution in [0.15, 0.2) is 71.6 Å². The predicted molar refractivity (Wildman–Crippen MR) is 115 cm³/mol. The Hall–Kier alpha value is -3.50. The van der Waals surface area contributed by atoms with Crippen molar-refractivity contribution in [3.05, 3.63) is 83.9 Å². The van der Waals surface area contributed by atoms with E-state index in [0.717, 1.165) is 12.1 Å². The molecule has 7 nitrogen and oxygen atoms in total. The van der Waals surface area contributed by atoms with Crippen molar-refractivity contribution in [3.63, 3.8) is 0 Å². The van der Waals surface area contributed by atoms with Crippen LogP contribution in [0.2, 0.25) is 0 Å². The molecule has 0 spiro atoms. The Morgan fingerprint density at radius 1 is 1.03 bits per heavy atom. The maximum atomic E-state index is 14.0. The van der Waals surface area contributed by atoms with E-state index in [0.29, 0.717) is 11.1 Å². The topological polar surface area (TPSA) is 116 Å². The Kier molecular flexibility index (Phi) is 6.47. The van der Waals surface area contributed by atoms with E-state index in [4.69, 9.17) is 5.11 Å². The number of nitrogens with one attached hydrogen (secondary N) is 2. The van der Waals surface area contributed by atoms with Gasteiger partial charge >= 0.3 is 6.09 Å². The van der Waals surface area contributed by atoms with Gasteiger partial charge in [0.2, 0.25) is 0 Å². The average molecular weight is 462 g/mol. The largest absolute Gasteiger partial charge is 0.465 e. The molecule has 1 amide bonds. The minimum absolute atomic E-state index is 0.0947. The molecule has 0 bridgehead atoms. The van der Waals surface area contributed by atoms with E-state index in [2.05, 4.69) is 10.0 Å². The van der Waals surface area contributed by atoms with Gasteiger partial charge in [0.25, 0.3) is 10.0 Å². The minimum atomic E-state index is -4.02. The molecule has 3 rings (SSSR count). The molecule has 0 fully saturated rings. The molecule has 3 aromatic rings. The molecular weight excluding hydrogens is 442 g/mol. The molecule has 0 aliphatic heterocycles. The van der Waals surface area contributed by atoms with Gasteiger partial charge in [0.1, 0.15) is 11.6 Å². The van der Waals surface area contributed by atoms with Crippen LogP contribution in [0.5, 0.6) is 0 Å². The van der Waals surface area contributed by atoms with Gasteiger partial charge in [0.15, 0.2) is 0 Å². The van der Waals surface area contributed by atoms with E-state index < -0.39 is 39.9 Å². The van der Waals surface area contributed by atoms with Crippen molar-refractivity contribution in [2.75, 3.05) is 11.3 Å². The summed E-state index contributed by atoms with van der Waals surface area (Å²) in [6, 6.07) is 14.4. The van der Waals surface area contributed by atoms with Crippen LogP contribution in [-0.2, 0) is 15.6 Å². The van der Waals surface area contributed by atoms with Crippen LogP contribution in [0.25, 0.3) is 11.1 Å². The molecule has 4 N–H and O–H groups in total. The second kappa shape index (κ2) is 8.93. The number of carboxylic acid groups (broad SMARTS) is 1. The van der Waals surface area contributed by atoms with E-state index >= 15 is 0 Å². The third-order valence-corrected chi connectivity index (χ3v) is 6.25. The highest BCUT2D eigenvalue weighted by Gasteiger charge is 2.28. The zero-order valence-electron chi connectivity index (χ0n) is 16.8. The molecule has 0 radical (unpaired) electrons. The van der Waals surface area contributed by atoms with E-state index in [1.165, 1.54) is 55.5 Å². The summed E-state index contributed by atoms with van der Waals surface area (Å²) in [6.07, 6.45) is -1.34. The number of anilines is 1. The molecule has 1 atom stereocenters. The van der Waals surface area contributed by atoms with Gasteiger partial charge < -0.3 is 15.5 Å². The predicted octanol–water partition coefficient (Wildman–Crippen LogP) is 3.91. The van der Waals surface area contributed by atoms with Crippen LogP contribution in [0.4, 0.5) is 19.3 Å². The summed E-state index contributed by atoms with van der Waals surface area (Å²) in [5.74, 6) is -1.48. The highest BCUT2D eigenvalue weighted by atomic mass is 32.2. The molecule has 0 aliphatic carbocycles. The lowest BCUT2D eigenvalue weighted by molar-refractivity contribution is 0.146. The molecule has 3 aromatic carbocycles. The van der Waals surface area contributed by atoms with Crippen LogP contribution in [0.3, 0.4) is 0 Å². The van der Waals surface area contributed by atoms with Crippen LogP contribution in [-0.4, -0.2) is 31.3 Å². The van der Waals surface area contributed by atoms with Crippen LogP contribution >= 0.6 is 0 Å². The van der Waals surface area contributed by atoms with Crippen molar-refractivity contribution in [2.45, 2.75) is 17.4 Å². The van der Waals surface area contributed by atoms with Gasteiger partial charge in [-0.05, 0) is 54.4 Å². The number of hydrogen-bond acceptors (Lipinski definition) is 4. The Morgan fingerprint density at radius 3 is 2.31 bits per heavy atom. The van der Waals surface area contributed by atoms with Crippen LogP contribution in [0.1, 0.15) is 12.5 Å². The molecule has 32 heavy (non-hydrogen) atoms. The van der Waals surface area contributed by atoms with Crippen molar-refractivity contribution < 1.29 is 32.2 Å². The summed E-state index contributed by atoms with van der Waals surface area (Å²) in [6.45, 7) is 0.916. The summed E-state index contributed by atoms with van der Waals surface area (Å²) in [4.78, 5) is 10.9. The summed E-state index contributed by atoms with van der Waals surface area (Å²) in [5, 5.41) is 20.8. The molecule has 168 valence electrons. The molecule has 0 aliphatic rings. The lowest BCUT2D eigenvalue weighted by Crippen LogP contribution is -2.45. The first-order chi connectivity index (χ1) is 15.0. The quantitative estimate of drug-likeness (QED) is 0.425. The van der Waals surface area contributed by atoms with Crippen LogP contribution < -0.4 is 10.0 Å². The summed E-state index contributed by atoms with van der Waals surface area (Å²) < 4.78 is 55.0. The fourth-order valence-corrected chi connectivity index (χ4v) is 4.17. The highest BCUT2D eigenvalue weighted by Crippen LogP contribution is 2.27. The third kappa shape index (κ3) is 5.04. The fraction of sp³-hybridized carbons (Fsp3) is 0.136.